The fraction of sp³-hybridized carbons (Fsp3) is 0.389. The summed E-state index contributed by atoms with van der Waals surface area (Å²) in [6, 6.07) is 9.37. The third kappa shape index (κ3) is 4.33. The number of carbonyl (C=O) groups excluding carboxylic acids is 1. The molecule has 3 aromatic rings. The third-order valence-electron chi connectivity index (χ3n) is 3.91. The molecule has 2 aromatic heterocycles. The van der Waals surface area contributed by atoms with Gasteiger partial charge in [0.1, 0.15) is 12.2 Å². The average Bonchev–Trinajstić information content (AvgIpc) is 3.30. The summed E-state index contributed by atoms with van der Waals surface area (Å²) in [5.74, 6) is 1.63. The minimum Gasteiger partial charge on any atom is -0.346 e. The number of aryl methyl sites for hydroxylation is 2. The van der Waals surface area contributed by atoms with Gasteiger partial charge in [-0.1, -0.05) is 42.4 Å². The molecule has 8 nitrogen and oxygen atoms in total. The van der Waals surface area contributed by atoms with Crippen LogP contribution in [0.1, 0.15) is 44.4 Å². The van der Waals surface area contributed by atoms with E-state index in [2.05, 4.69) is 32.5 Å². The molecule has 0 radical (unpaired) electrons. The van der Waals surface area contributed by atoms with Crippen molar-refractivity contribution in [1.82, 2.24) is 30.2 Å². The highest BCUT2D eigenvalue weighted by Crippen LogP contribution is 2.15. The summed E-state index contributed by atoms with van der Waals surface area (Å²) in [4.78, 5) is 20.8. The Bertz CT molecular complexity index is 842. The number of carbonyl (C=O) groups is 1. The molecular weight excluding hydrogens is 332 g/mol. The summed E-state index contributed by atoms with van der Waals surface area (Å²) in [6.07, 6.45) is 3.12. The summed E-state index contributed by atoms with van der Waals surface area (Å²) in [7, 11) is 0. The Morgan fingerprint density at radius 3 is 2.88 bits per heavy atom. The molecule has 1 amide bonds. The second-order valence-corrected chi connectivity index (χ2v) is 6.01. The molecule has 2 heterocycles. The van der Waals surface area contributed by atoms with Crippen molar-refractivity contribution in [2.24, 2.45) is 0 Å². The van der Waals surface area contributed by atoms with Gasteiger partial charge in [0.25, 0.3) is 0 Å². The van der Waals surface area contributed by atoms with E-state index in [4.69, 9.17) is 4.52 Å². The van der Waals surface area contributed by atoms with Gasteiger partial charge in [-0.15, -0.1) is 0 Å². The zero-order valence-corrected chi connectivity index (χ0v) is 14.9. The molecule has 8 heteroatoms. The Morgan fingerprint density at radius 1 is 1.31 bits per heavy atom. The van der Waals surface area contributed by atoms with E-state index >= 15 is 0 Å². The van der Waals surface area contributed by atoms with Crippen LogP contribution in [0, 0.1) is 0 Å². The second-order valence-electron chi connectivity index (χ2n) is 6.01. The fourth-order valence-corrected chi connectivity index (χ4v) is 2.65. The second kappa shape index (κ2) is 8.37. The molecule has 1 atom stereocenters. The van der Waals surface area contributed by atoms with Crippen LogP contribution in [0.2, 0.25) is 0 Å². The lowest BCUT2D eigenvalue weighted by Crippen LogP contribution is -2.29. The third-order valence-corrected chi connectivity index (χ3v) is 3.91. The molecule has 136 valence electrons. The van der Waals surface area contributed by atoms with Crippen LogP contribution in [0.3, 0.4) is 0 Å². The quantitative estimate of drug-likeness (QED) is 0.667. The maximum absolute atomic E-state index is 12.2. The van der Waals surface area contributed by atoms with Crippen LogP contribution in [-0.4, -0.2) is 30.8 Å². The predicted octanol–water partition coefficient (Wildman–Crippen LogP) is 2.55. The largest absolute Gasteiger partial charge is 0.346 e. The zero-order chi connectivity index (χ0) is 18.4. The van der Waals surface area contributed by atoms with Gasteiger partial charge in [0, 0.05) is 24.9 Å². The van der Waals surface area contributed by atoms with Crippen LogP contribution in [0.15, 0.2) is 41.2 Å². The minimum absolute atomic E-state index is 0.0944. The molecule has 1 aromatic carbocycles. The Labute approximate surface area is 151 Å². The summed E-state index contributed by atoms with van der Waals surface area (Å²) >= 11 is 0. The first-order chi connectivity index (χ1) is 12.7. The molecule has 0 fully saturated rings. The van der Waals surface area contributed by atoms with Crippen LogP contribution in [0.4, 0.5) is 0 Å². The number of hydrogen-bond donors (Lipinski definition) is 1. The van der Waals surface area contributed by atoms with Gasteiger partial charge in [0.05, 0.1) is 6.04 Å². The van der Waals surface area contributed by atoms with Gasteiger partial charge in [-0.25, -0.2) is 9.67 Å². The highest BCUT2D eigenvalue weighted by molar-refractivity contribution is 5.76. The minimum atomic E-state index is -0.209. The van der Waals surface area contributed by atoms with E-state index in [1.165, 1.54) is 6.33 Å². The number of hydrogen-bond acceptors (Lipinski definition) is 6. The number of nitrogens with zero attached hydrogens (tertiary/aromatic N) is 5. The number of rotatable bonds is 8. The van der Waals surface area contributed by atoms with Crippen molar-refractivity contribution in [3.8, 4) is 11.4 Å². The van der Waals surface area contributed by atoms with Crippen LogP contribution in [-0.2, 0) is 17.8 Å². The Morgan fingerprint density at radius 2 is 2.12 bits per heavy atom. The van der Waals surface area contributed by atoms with Crippen LogP contribution >= 0.6 is 0 Å². The lowest BCUT2D eigenvalue weighted by molar-refractivity contribution is -0.121. The number of benzene rings is 1. The van der Waals surface area contributed by atoms with E-state index < -0.39 is 0 Å². The van der Waals surface area contributed by atoms with Gasteiger partial charge in [0.2, 0.25) is 17.6 Å². The zero-order valence-electron chi connectivity index (χ0n) is 14.9. The molecule has 0 aliphatic carbocycles. The Hall–Kier alpha value is -3.03. The number of amides is 1. The van der Waals surface area contributed by atoms with Crippen molar-refractivity contribution in [2.75, 3.05) is 0 Å². The lowest BCUT2D eigenvalue weighted by Gasteiger charge is -2.14. The van der Waals surface area contributed by atoms with Crippen molar-refractivity contribution in [1.29, 1.82) is 0 Å². The van der Waals surface area contributed by atoms with Crippen LogP contribution in [0.5, 0.6) is 0 Å². The van der Waals surface area contributed by atoms with Crippen molar-refractivity contribution in [2.45, 2.75) is 45.7 Å². The highest BCUT2D eigenvalue weighted by Gasteiger charge is 2.16. The van der Waals surface area contributed by atoms with Gasteiger partial charge in [-0.3, -0.25) is 4.79 Å². The molecule has 0 aliphatic heterocycles. The topological polar surface area (TPSA) is 98.7 Å². The van der Waals surface area contributed by atoms with E-state index in [0.29, 0.717) is 18.1 Å². The first kappa shape index (κ1) is 17.8. The lowest BCUT2D eigenvalue weighted by atomic mass is 10.2. The van der Waals surface area contributed by atoms with Gasteiger partial charge in [0.15, 0.2) is 0 Å². The van der Waals surface area contributed by atoms with Crippen LogP contribution < -0.4 is 5.32 Å². The van der Waals surface area contributed by atoms with E-state index in [0.717, 1.165) is 24.4 Å². The van der Waals surface area contributed by atoms with E-state index in [1.807, 2.05) is 41.9 Å². The van der Waals surface area contributed by atoms with Crippen LogP contribution in [0.25, 0.3) is 11.4 Å². The van der Waals surface area contributed by atoms with Crippen molar-refractivity contribution in [3.63, 3.8) is 0 Å². The monoisotopic (exact) mass is 354 g/mol. The van der Waals surface area contributed by atoms with Gasteiger partial charge >= 0.3 is 0 Å². The average molecular weight is 354 g/mol. The summed E-state index contributed by atoms with van der Waals surface area (Å²) in [5, 5.41) is 11.1. The maximum Gasteiger partial charge on any atom is 0.227 e. The van der Waals surface area contributed by atoms with E-state index in [9.17, 15) is 4.79 Å². The molecule has 1 N–H and O–H groups in total. The smallest absolute Gasteiger partial charge is 0.227 e. The molecular formula is C18H22N6O2. The highest BCUT2D eigenvalue weighted by atomic mass is 16.5. The molecule has 0 saturated heterocycles. The summed E-state index contributed by atoms with van der Waals surface area (Å²) in [6.45, 7) is 4.75. The van der Waals surface area contributed by atoms with Crippen molar-refractivity contribution >= 4 is 5.91 Å². The SMILES string of the molecule is CCCn1ncnc1C(C)NC(=O)CCc1nc(-c2ccccc2)no1. The molecule has 0 aliphatic rings. The van der Waals surface area contributed by atoms with Gasteiger partial charge in [-0.05, 0) is 13.3 Å². The summed E-state index contributed by atoms with van der Waals surface area (Å²) < 4.78 is 7.04. The molecule has 0 saturated carbocycles. The first-order valence-corrected chi connectivity index (χ1v) is 8.72. The fourth-order valence-electron chi connectivity index (χ4n) is 2.65. The molecule has 1 unspecified atom stereocenters. The number of aromatic nitrogens is 5. The van der Waals surface area contributed by atoms with E-state index in [1.54, 1.807) is 0 Å². The molecule has 0 bridgehead atoms. The van der Waals surface area contributed by atoms with Gasteiger partial charge in [-0.2, -0.15) is 10.1 Å². The molecule has 0 spiro atoms. The van der Waals surface area contributed by atoms with Crippen molar-refractivity contribution < 1.29 is 9.32 Å². The molecule has 3 rings (SSSR count). The number of nitrogens with one attached hydrogen (secondary N) is 1. The predicted molar refractivity (Wildman–Crippen MR) is 94.9 cm³/mol. The van der Waals surface area contributed by atoms with Gasteiger partial charge < -0.3 is 9.84 Å². The Kier molecular flexibility index (Phi) is 5.73. The summed E-state index contributed by atoms with van der Waals surface area (Å²) in [5.41, 5.74) is 0.885. The normalized spacial score (nSPS) is 12.1. The Balaban J connectivity index is 1.53. The van der Waals surface area contributed by atoms with Crippen molar-refractivity contribution in [3.05, 3.63) is 48.4 Å². The standard InChI is InChI=1S/C18H22N6O2/c1-3-11-24-18(19-12-20-24)13(2)21-15(25)9-10-16-22-17(23-26-16)14-7-5-4-6-8-14/h4-8,12-13H,3,9-11H2,1-2H3,(H,21,25). The maximum atomic E-state index is 12.2. The first-order valence-electron chi connectivity index (χ1n) is 8.72. The van der Waals surface area contributed by atoms with E-state index in [-0.39, 0.29) is 18.4 Å². The molecule has 26 heavy (non-hydrogen) atoms.